The highest BCUT2D eigenvalue weighted by molar-refractivity contribution is 5.52. The number of likely N-dealkylation sites (N-methyl/N-ethyl adjacent to an activating group) is 1. The van der Waals surface area contributed by atoms with E-state index < -0.39 is 0 Å². The molecule has 18 heavy (non-hydrogen) atoms. The molecule has 0 radical (unpaired) electrons. The van der Waals surface area contributed by atoms with E-state index in [1.54, 1.807) is 0 Å². The van der Waals surface area contributed by atoms with E-state index in [1.807, 2.05) is 18.5 Å². The number of nitrogens with one attached hydrogen (secondary N) is 1. The summed E-state index contributed by atoms with van der Waals surface area (Å²) in [5, 5.41) is 3.51. The van der Waals surface area contributed by atoms with E-state index in [1.165, 1.54) is 11.3 Å². The maximum atomic E-state index is 4.23. The Bertz CT molecular complexity index is 380. The number of hydrogen-bond acceptors (Lipinski definition) is 3. The van der Waals surface area contributed by atoms with Crippen LogP contribution in [0.2, 0.25) is 0 Å². The van der Waals surface area contributed by atoms with E-state index >= 15 is 0 Å². The van der Waals surface area contributed by atoms with E-state index in [9.17, 15) is 0 Å². The molecule has 0 aliphatic rings. The molecule has 0 unspecified atom stereocenters. The lowest BCUT2D eigenvalue weighted by Gasteiger charge is -2.26. The van der Waals surface area contributed by atoms with Crippen LogP contribution < -0.4 is 10.2 Å². The van der Waals surface area contributed by atoms with Gasteiger partial charge >= 0.3 is 0 Å². The van der Waals surface area contributed by atoms with Crippen molar-refractivity contribution >= 4 is 5.69 Å². The zero-order chi connectivity index (χ0) is 13.6. The van der Waals surface area contributed by atoms with Crippen LogP contribution in [0.1, 0.15) is 33.3 Å². The third-order valence-electron chi connectivity index (χ3n) is 2.76. The molecule has 0 bridgehead atoms. The van der Waals surface area contributed by atoms with Gasteiger partial charge in [-0.2, -0.15) is 0 Å². The monoisotopic (exact) mass is 247 g/mol. The highest BCUT2D eigenvalue weighted by Gasteiger charge is 2.12. The lowest BCUT2D eigenvalue weighted by Crippen LogP contribution is -2.35. The average Bonchev–Trinajstić information content (AvgIpc) is 2.33. The molecule has 0 aromatic carbocycles. The van der Waals surface area contributed by atoms with Crippen LogP contribution in [-0.2, 0) is 6.54 Å². The van der Waals surface area contributed by atoms with Crippen molar-refractivity contribution in [3.8, 4) is 0 Å². The first-order chi connectivity index (χ1) is 8.48. The Morgan fingerprint density at radius 2 is 2.17 bits per heavy atom. The van der Waals surface area contributed by atoms with Crippen LogP contribution in [0.5, 0.6) is 0 Å². The fraction of sp³-hybridized carbons (Fsp3) is 0.533. The van der Waals surface area contributed by atoms with Gasteiger partial charge in [-0.05, 0) is 33.8 Å². The molecule has 1 aromatic heterocycles. The summed E-state index contributed by atoms with van der Waals surface area (Å²) in [7, 11) is 0. The lowest BCUT2D eigenvalue weighted by atomic mass is 10.1. The zero-order valence-electron chi connectivity index (χ0n) is 12.0. The van der Waals surface area contributed by atoms with Crippen LogP contribution in [0.4, 0.5) is 5.69 Å². The third-order valence-corrected chi connectivity index (χ3v) is 2.76. The van der Waals surface area contributed by atoms with Crippen molar-refractivity contribution in [2.75, 3.05) is 18.0 Å². The fourth-order valence-electron chi connectivity index (χ4n) is 1.78. The molecule has 1 N–H and O–H groups in total. The number of anilines is 1. The number of nitrogens with zero attached hydrogens (tertiary/aromatic N) is 2. The molecule has 0 spiro atoms. The number of hydrogen-bond donors (Lipinski definition) is 1. The second kappa shape index (κ2) is 6.55. The van der Waals surface area contributed by atoms with Crippen molar-refractivity contribution in [1.29, 1.82) is 0 Å². The lowest BCUT2D eigenvalue weighted by molar-refractivity contribution is 0.424. The Hall–Kier alpha value is -1.35. The molecule has 100 valence electrons. The van der Waals surface area contributed by atoms with Crippen molar-refractivity contribution in [3.05, 3.63) is 36.7 Å². The molecule has 0 fully saturated rings. The molecule has 0 saturated carbocycles. The van der Waals surface area contributed by atoms with E-state index in [4.69, 9.17) is 0 Å². The van der Waals surface area contributed by atoms with Gasteiger partial charge < -0.3 is 10.2 Å². The second-order valence-corrected chi connectivity index (χ2v) is 5.44. The SMILES string of the molecule is C=CCN(CC)c1ccncc1CNC(C)(C)C. The molecule has 0 saturated heterocycles. The summed E-state index contributed by atoms with van der Waals surface area (Å²) in [4.78, 5) is 6.53. The molecule has 0 aliphatic carbocycles. The maximum Gasteiger partial charge on any atom is 0.0445 e. The Labute approximate surface area is 111 Å². The summed E-state index contributed by atoms with van der Waals surface area (Å²) >= 11 is 0. The van der Waals surface area contributed by atoms with Crippen molar-refractivity contribution in [2.24, 2.45) is 0 Å². The summed E-state index contributed by atoms with van der Waals surface area (Å²) in [5.41, 5.74) is 2.59. The summed E-state index contributed by atoms with van der Waals surface area (Å²) in [5.74, 6) is 0. The van der Waals surface area contributed by atoms with E-state index in [-0.39, 0.29) is 5.54 Å². The molecule has 3 nitrogen and oxygen atoms in total. The van der Waals surface area contributed by atoms with Crippen molar-refractivity contribution in [2.45, 2.75) is 39.8 Å². The molecule has 0 amide bonds. The molecular formula is C15H25N3. The molecule has 1 heterocycles. The molecule has 1 aromatic rings. The molecule has 3 heteroatoms. The van der Waals surface area contributed by atoms with Crippen LogP contribution in [0.15, 0.2) is 31.1 Å². The predicted octanol–water partition coefficient (Wildman–Crippen LogP) is 2.98. The van der Waals surface area contributed by atoms with Crippen molar-refractivity contribution in [3.63, 3.8) is 0 Å². The third kappa shape index (κ3) is 4.49. The van der Waals surface area contributed by atoms with Gasteiger partial charge in [0.25, 0.3) is 0 Å². The van der Waals surface area contributed by atoms with Gasteiger partial charge in [0.15, 0.2) is 0 Å². The van der Waals surface area contributed by atoms with Crippen molar-refractivity contribution in [1.82, 2.24) is 10.3 Å². The zero-order valence-corrected chi connectivity index (χ0v) is 12.0. The summed E-state index contributed by atoms with van der Waals surface area (Å²) < 4.78 is 0. The van der Waals surface area contributed by atoms with Crippen LogP contribution in [-0.4, -0.2) is 23.6 Å². The topological polar surface area (TPSA) is 28.2 Å². The number of pyridine rings is 1. The summed E-state index contributed by atoms with van der Waals surface area (Å²) in [6.07, 6.45) is 5.73. The normalized spacial score (nSPS) is 11.3. The minimum Gasteiger partial charge on any atom is -0.368 e. The van der Waals surface area contributed by atoms with Gasteiger partial charge in [0.1, 0.15) is 0 Å². The van der Waals surface area contributed by atoms with Crippen LogP contribution in [0.3, 0.4) is 0 Å². The highest BCUT2D eigenvalue weighted by Crippen LogP contribution is 2.19. The first-order valence-corrected chi connectivity index (χ1v) is 6.51. The van der Waals surface area contributed by atoms with Gasteiger partial charge in [-0.1, -0.05) is 6.08 Å². The van der Waals surface area contributed by atoms with E-state index in [0.29, 0.717) is 0 Å². The summed E-state index contributed by atoms with van der Waals surface area (Å²) in [6.45, 7) is 15.2. The Morgan fingerprint density at radius 3 is 2.72 bits per heavy atom. The fourth-order valence-corrected chi connectivity index (χ4v) is 1.78. The van der Waals surface area contributed by atoms with Gasteiger partial charge in [-0.25, -0.2) is 0 Å². The first kappa shape index (κ1) is 14.7. The first-order valence-electron chi connectivity index (χ1n) is 6.51. The standard InChI is InChI=1S/C15H25N3/c1-6-10-18(7-2)14-8-9-16-11-13(14)12-17-15(3,4)5/h6,8-9,11,17H,1,7,10,12H2,2-5H3. The Kier molecular flexibility index (Phi) is 5.35. The minimum atomic E-state index is 0.114. The van der Waals surface area contributed by atoms with Gasteiger partial charge in [0.05, 0.1) is 0 Å². The molecule has 0 aliphatic heterocycles. The highest BCUT2D eigenvalue weighted by atomic mass is 15.1. The van der Waals surface area contributed by atoms with Gasteiger partial charge in [-0.15, -0.1) is 6.58 Å². The smallest absolute Gasteiger partial charge is 0.0445 e. The Balaban J connectivity index is 2.87. The largest absolute Gasteiger partial charge is 0.368 e. The van der Waals surface area contributed by atoms with Crippen LogP contribution in [0.25, 0.3) is 0 Å². The quantitative estimate of drug-likeness (QED) is 0.783. The van der Waals surface area contributed by atoms with Crippen molar-refractivity contribution < 1.29 is 0 Å². The minimum absolute atomic E-state index is 0.114. The van der Waals surface area contributed by atoms with E-state index in [0.717, 1.165) is 19.6 Å². The van der Waals surface area contributed by atoms with Gasteiger partial charge in [0, 0.05) is 48.8 Å². The van der Waals surface area contributed by atoms with Gasteiger partial charge in [0.2, 0.25) is 0 Å². The predicted molar refractivity (Wildman–Crippen MR) is 78.9 cm³/mol. The van der Waals surface area contributed by atoms with Crippen LogP contribution in [0, 0.1) is 0 Å². The molecular weight excluding hydrogens is 222 g/mol. The number of rotatable bonds is 6. The van der Waals surface area contributed by atoms with Crippen LogP contribution >= 0.6 is 0 Å². The number of aromatic nitrogens is 1. The molecule has 1 rings (SSSR count). The Morgan fingerprint density at radius 1 is 1.44 bits per heavy atom. The molecule has 0 atom stereocenters. The summed E-state index contributed by atoms with van der Waals surface area (Å²) in [6, 6.07) is 2.08. The second-order valence-electron chi connectivity index (χ2n) is 5.44. The van der Waals surface area contributed by atoms with Gasteiger partial charge in [-0.3, -0.25) is 4.98 Å². The van der Waals surface area contributed by atoms with E-state index in [2.05, 4.69) is 55.5 Å². The average molecular weight is 247 g/mol. The maximum absolute atomic E-state index is 4.23.